The summed E-state index contributed by atoms with van der Waals surface area (Å²) in [6.45, 7) is 5.58. The summed E-state index contributed by atoms with van der Waals surface area (Å²) in [5.41, 5.74) is 0.571. The number of rotatable bonds is 9. The van der Waals surface area contributed by atoms with Gasteiger partial charge in [0.2, 0.25) is 5.95 Å². The van der Waals surface area contributed by atoms with Gasteiger partial charge in [0.15, 0.2) is 0 Å². The molecule has 0 radical (unpaired) electrons. The molecular weight excluding hydrogens is 497 g/mol. The minimum atomic E-state index is -4.73. The van der Waals surface area contributed by atoms with Crippen LogP contribution in [0.5, 0.6) is 5.75 Å². The lowest BCUT2D eigenvalue weighted by Crippen LogP contribution is -2.35. The summed E-state index contributed by atoms with van der Waals surface area (Å²) in [5, 5.41) is 7.83. The third kappa shape index (κ3) is 8.85. The normalized spacial score (nSPS) is 15.1. The van der Waals surface area contributed by atoms with Crippen LogP contribution in [0, 0.1) is 5.92 Å². The molecule has 0 unspecified atom stereocenters. The smallest absolute Gasteiger partial charge is 0.406 e. The molecule has 0 aliphatic carbocycles. The standard InChI is InChI=1S/C23H29F3N6O3S/c1-3-19(33)14-36-16(2)29-22(34)27-11-8-17-9-12-31(13-10-17)21-28-15-32(30-21)18-4-6-20(7-5-18)35-23(24,25)26/h4-7,15,17H,3,8-14H2,1-2H3,(H,27,34)/b29-16-. The summed E-state index contributed by atoms with van der Waals surface area (Å²) in [6.07, 6.45) is -0.0563. The summed E-state index contributed by atoms with van der Waals surface area (Å²) >= 11 is 1.27. The number of hydrogen-bond acceptors (Lipinski definition) is 7. The topological polar surface area (TPSA) is 102 Å². The van der Waals surface area contributed by atoms with Crippen molar-refractivity contribution in [2.75, 3.05) is 30.3 Å². The van der Waals surface area contributed by atoms with Crippen LogP contribution < -0.4 is 15.0 Å². The molecule has 1 aromatic heterocycles. The number of aliphatic imine (C=N–C) groups is 1. The van der Waals surface area contributed by atoms with E-state index in [0.29, 0.717) is 41.3 Å². The van der Waals surface area contributed by atoms with Crippen molar-refractivity contribution in [2.45, 2.75) is 45.9 Å². The molecule has 0 bridgehead atoms. The van der Waals surface area contributed by atoms with Gasteiger partial charge < -0.3 is 15.0 Å². The molecule has 2 aromatic rings. The van der Waals surface area contributed by atoms with Crippen LogP contribution in [0.3, 0.4) is 0 Å². The fourth-order valence-electron chi connectivity index (χ4n) is 3.63. The Labute approximate surface area is 211 Å². The van der Waals surface area contributed by atoms with Gasteiger partial charge in [-0.25, -0.2) is 9.48 Å². The Bertz CT molecular complexity index is 1050. The highest BCUT2D eigenvalue weighted by Crippen LogP contribution is 2.25. The van der Waals surface area contributed by atoms with Gasteiger partial charge in [-0.05, 0) is 56.4 Å². The minimum absolute atomic E-state index is 0.122. The average molecular weight is 527 g/mol. The van der Waals surface area contributed by atoms with E-state index in [2.05, 4.69) is 30.0 Å². The number of halogens is 3. The first-order valence-electron chi connectivity index (χ1n) is 11.6. The Balaban J connectivity index is 1.40. The third-order valence-electron chi connectivity index (χ3n) is 5.64. The zero-order chi connectivity index (χ0) is 26.1. The Morgan fingerprint density at radius 3 is 2.56 bits per heavy atom. The molecule has 2 amide bonds. The number of aromatic nitrogens is 3. The van der Waals surface area contributed by atoms with Crippen LogP contribution >= 0.6 is 11.8 Å². The first-order valence-corrected chi connectivity index (χ1v) is 12.6. The zero-order valence-corrected chi connectivity index (χ0v) is 20.9. The highest BCUT2D eigenvalue weighted by molar-refractivity contribution is 8.14. The molecule has 3 rings (SSSR count). The largest absolute Gasteiger partial charge is 0.573 e. The van der Waals surface area contributed by atoms with Crippen LogP contribution in [-0.4, -0.2) is 63.4 Å². The van der Waals surface area contributed by atoms with Gasteiger partial charge in [0.1, 0.15) is 17.9 Å². The Hall–Kier alpha value is -3.09. The predicted molar refractivity (Wildman–Crippen MR) is 132 cm³/mol. The van der Waals surface area contributed by atoms with Gasteiger partial charge in [-0.1, -0.05) is 6.92 Å². The number of hydrogen-bond donors (Lipinski definition) is 1. The SMILES string of the molecule is CCC(=O)CS/C(C)=N\C(=O)NCCC1CCN(c2ncn(-c3ccc(OC(F)(F)F)cc3)n2)CC1. The van der Waals surface area contributed by atoms with Crippen molar-refractivity contribution in [2.24, 2.45) is 10.9 Å². The number of piperidine rings is 1. The lowest BCUT2D eigenvalue weighted by atomic mass is 9.94. The van der Waals surface area contributed by atoms with E-state index < -0.39 is 12.4 Å². The Morgan fingerprint density at radius 1 is 1.22 bits per heavy atom. The lowest BCUT2D eigenvalue weighted by molar-refractivity contribution is -0.274. The fourth-order valence-corrected chi connectivity index (χ4v) is 4.35. The van der Waals surface area contributed by atoms with Crippen LogP contribution in [0.25, 0.3) is 5.69 Å². The monoisotopic (exact) mass is 526 g/mol. The molecule has 36 heavy (non-hydrogen) atoms. The first kappa shape index (κ1) is 27.5. The molecule has 1 fully saturated rings. The molecule has 9 nitrogen and oxygen atoms in total. The number of nitrogens with one attached hydrogen (secondary N) is 1. The second kappa shape index (κ2) is 12.7. The fraction of sp³-hybridized carbons (Fsp3) is 0.522. The molecule has 2 heterocycles. The van der Waals surface area contributed by atoms with Crippen molar-refractivity contribution in [3.63, 3.8) is 0 Å². The maximum absolute atomic E-state index is 12.3. The molecule has 1 saturated heterocycles. The van der Waals surface area contributed by atoms with Crippen molar-refractivity contribution >= 4 is 34.6 Å². The number of anilines is 1. The quantitative estimate of drug-likeness (QED) is 0.376. The Morgan fingerprint density at radius 2 is 1.92 bits per heavy atom. The van der Waals surface area contributed by atoms with E-state index in [-0.39, 0.29) is 11.5 Å². The number of carbonyl (C=O) groups excluding carboxylic acids is 2. The van der Waals surface area contributed by atoms with Crippen LogP contribution in [0.15, 0.2) is 35.6 Å². The van der Waals surface area contributed by atoms with Crippen molar-refractivity contribution < 1.29 is 27.5 Å². The number of thioether (sulfide) groups is 1. The van der Waals surface area contributed by atoms with Crippen LogP contribution in [0.2, 0.25) is 0 Å². The molecule has 196 valence electrons. The highest BCUT2D eigenvalue weighted by atomic mass is 32.2. The second-order valence-electron chi connectivity index (χ2n) is 8.29. The van der Waals surface area contributed by atoms with E-state index >= 15 is 0 Å². The Kier molecular flexibility index (Phi) is 9.73. The van der Waals surface area contributed by atoms with E-state index in [9.17, 15) is 22.8 Å². The minimum Gasteiger partial charge on any atom is -0.406 e. The van der Waals surface area contributed by atoms with Gasteiger partial charge in [0.25, 0.3) is 0 Å². The summed E-state index contributed by atoms with van der Waals surface area (Å²) in [4.78, 5) is 33.7. The molecule has 1 aromatic carbocycles. The number of amides is 2. The van der Waals surface area contributed by atoms with Crippen molar-refractivity contribution in [3.05, 3.63) is 30.6 Å². The average Bonchev–Trinajstić information content (AvgIpc) is 3.33. The summed E-state index contributed by atoms with van der Waals surface area (Å²) < 4.78 is 42.4. The number of ketones is 1. The van der Waals surface area contributed by atoms with Crippen LogP contribution in [-0.2, 0) is 4.79 Å². The maximum atomic E-state index is 12.3. The van der Waals surface area contributed by atoms with Crippen LogP contribution in [0.4, 0.5) is 23.9 Å². The predicted octanol–water partition coefficient (Wildman–Crippen LogP) is 4.61. The number of carbonyl (C=O) groups is 2. The van der Waals surface area contributed by atoms with E-state index in [1.165, 1.54) is 47.0 Å². The summed E-state index contributed by atoms with van der Waals surface area (Å²) in [6, 6.07) is 5.03. The zero-order valence-electron chi connectivity index (χ0n) is 20.1. The molecule has 0 atom stereocenters. The summed E-state index contributed by atoms with van der Waals surface area (Å²) in [7, 11) is 0. The number of ether oxygens (including phenoxy) is 1. The number of benzene rings is 1. The van der Waals surface area contributed by atoms with E-state index in [1.807, 2.05) is 0 Å². The number of nitrogens with zero attached hydrogens (tertiary/aromatic N) is 5. The number of Topliss-reactive ketones (excluding diaryl/α,β-unsaturated/α-hetero) is 1. The van der Waals surface area contributed by atoms with Gasteiger partial charge >= 0.3 is 12.4 Å². The van der Waals surface area contributed by atoms with Crippen molar-refractivity contribution in [3.8, 4) is 11.4 Å². The molecule has 1 aliphatic heterocycles. The molecular formula is C23H29F3N6O3S. The van der Waals surface area contributed by atoms with Gasteiger partial charge in [-0.3, -0.25) is 4.79 Å². The first-order chi connectivity index (χ1) is 17.1. The molecule has 13 heteroatoms. The lowest BCUT2D eigenvalue weighted by Gasteiger charge is -2.31. The second-order valence-corrected chi connectivity index (χ2v) is 9.46. The molecule has 1 aliphatic rings. The van der Waals surface area contributed by atoms with Gasteiger partial charge in [0, 0.05) is 26.1 Å². The maximum Gasteiger partial charge on any atom is 0.573 e. The van der Waals surface area contributed by atoms with Crippen molar-refractivity contribution in [1.82, 2.24) is 20.1 Å². The van der Waals surface area contributed by atoms with E-state index in [0.717, 1.165) is 32.4 Å². The third-order valence-corrected chi connectivity index (χ3v) is 6.61. The van der Waals surface area contributed by atoms with Crippen LogP contribution in [0.1, 0.15) is 39.5 Å². The van der Waals surface area contributed by atoms with Gasteiger partial charge in [0.05, 0.1) is 16.5 Å². The molecule has 0 spiro atoms. The van der Waals surface area contributed by atoms with Crippen molar-refractivity contribution in [1.29, 1.82) is 0 Å². The molecule has 1 N–H and O–H groups in total. The number of alkyl halides is 3. The van der Waals surface area contributed by atoms with E-state index in [4.69, 9.17) is 0 Å². The van der Waals surface area contributed by atoms with Gasteiger partial charge in [-0.2, -0.15) is 9.98 Å². The highest BCUT2D eigenvalue weighted by Gasteiger charge is 2.31. The number of urea groups is 1. The summed E-state index contributed by atoms with van der Waals surface area (Å²) in [5.74, 6) is 1.16. The van der Waals surface area contributed by atoms with Gasteiger partial charge in [-0.15, -0.1) is 30.0 Å². The molecule has 0 saturated carbocycles. The van der Waals surface area contributed by atoms with E-state index in [1.54, 1.807) is 13.8 Å².